The van der Waals surface area contributed by atoms with Crippen molar-refractivity contribution in [1.29, 1.82) is 0 Å². The fourth-order valence-electron chi connectivity index (χ4n) is 20.2. The molecule has 0 fully saturated rings. The summed E-state index contributed by atoms with van der Waals surface area (Å²) in [6.45, 7) is 20.3. The van der Waals surface area contributed by atoms with E-state index in [4.69, 9.17) is 0 Å². The van der Waals surface area contributed by atoms with Crippen LogP contribution in [-0.2, 0) is 16.2 Å². The fraction of sp³-hybridized carbons (Fsp3) is 0.0952. The van der Waals surface area contributed by atoms with Crippen molar-refractivity contribution in [1.82, 2.24) is 27.4 Å². The van der Waals surface area contributed by atoms with E-state index >= 15 is 0 Å². The summed E-state index contributed by atoms with van der Waals surface area (Å²) in [5.41, 5.74) is 33.1. The first-order chi connectivity index (χ1) is 71.1. The van der Waals surface area contributed by atoms with E-state index in [0.29, 0.717) is 0 Å². The van der Waals surface area contributed by atoms with E-state index in [1.165, 1.54) is 176 Å². The van der Waals surface area contributed by atoms with E-state index in [9.17, 15) is 0 Å². The van der Waals surface area contributed by atoms with Crippen LogP contribution in [-0.4, -0.2) is 35.0 Å². The topological polar surface area (TPSA) is 60.5 Å². The molecular formula is C126H100BBr2N10S7. The Labute approximate surface area is 895 Å². The van der Waals surface area contributed by atoms with Crippen LogP contribution in [0, 0.1) is 0 Å². The van der Waals surface area contributed by atoms with Crippen molar-refractivity contribution in [2.75, 3.05) is 15.1 Å². The molecule has 1 N–H and O–H groups in total. The second-order valence-corrected chi connectivity index (χ2v) is 48.4. The van der Waals surface area contributed by atoms with E-state index in [1.54, 1.807) is 22.7 Å². The molecule has 0 aliphatic carbocycles. The Hall–Kier alpha value is -14.1. The Morgan fingerprint density at radius 3 is 0.740 bits per heavy atom. The summed E-state index contributed by atoms with van der Waals surface area (Å²) < 4.78 is 27.4. The summed E-state index contributed by atoms with van der Waals surface area (Å²) in [5.74, 6) is 0. The Kier molecular flexibility index (Phi) is 25.9. The van der Waals surface area contributed by atoms with Gasteiger partial charge in [-0.15, -0.1) is 68.0 Å². The minimum atomic E-state index is 0.0680. The second-order valence-electron chi connectivity index (χ2n) is 39.5. The molecule has 0 unspecified atom stereocenters. The van der Waals surface area contributed by atoms with Gasteiger partial charge in [-0.25, -0.2) is 0 Å². The van der Waals surface area contributed by atoms with Crippen LogP contribution in [0.25, 0.3) is 161 Å². The number of nitrogens with zero attached hydrogens (tertiary/aromatic N) is 9. The summed E-state index contributed by atoms with van der Waals surface area (Å²) in [7, 11) is 4.34. The molecule has 0 atom stereocenters. The minimum absolute atomic E-state index is 0.0680. The predicted octanol–water partition coefficient (Wildman–Crippen LogP) is 40.0. The molecule has 0 saturated carbocycles. The number of anilines is 8. The number of fused-ring (bicyclic) bond motifs is 18. The van der Waals surface area contributed by atoms with E-state index < -0.39 is 0 Å². The Morgan fingerprint density at radius 1 is 0.247 bits per heavy atom. The number of aromatic nitrogens is 6. The average molecular weight is 2150 g/mol. The van der Waals surface area contributed by atoms with Gasteiger partial charge >= 0.3 is 24.8 Å². The van der Waals surface area contributed by atoms with Crippen molar-refractivity contribution in [3.8, 4) is 34.1 Å². The maximum Gasteiger partial charge on any atom is 0.0648 e. The van der Waals surface area contributed by atoms with Crippen LogP contribution in [0.1, 0.15) is 79.0 Å². The third-order valence-electron chi connectivity index (χ3n) is 27.1. The molecule has 0 aliphatic heterocycles. The third kappa shape index (κ3) is 18.0. The average Bonchev–Trinajstić information content (AvgIpc) is 1.55. The quantitative estimate of drug-likeness (QED) is 0.0842. The molecule has 20 heteroatoms. The number of benzene rings is 15. The number of rotatable bonds is 14. The van der Waals surface area contributed by atoms with Crippen LogP contribution < -0.4 is 15.1 Å². The number of para-hydroxylation sites is 9. The molecule has 12 heterocycles. The standard InChI is InChI=1S/C58H50N4S2.C26H14Br2N2S2.C26H16N2S2.C16H19N.BHNS/c1-57(2,3)39-27-31-45(32-28-39)59(41-19-11-7-12-20-41)53-37-51-55(63-53)47-35-50-48(36-49(47)61(51)43-23-15-9-16-24-43)56-52(62(50)44-25-17-10-18-26-44)38-54(64-56)60(42-21-13-8-14-22-42)46-33-29-40(30-34-46)58(4,5)6;27-23-13-21-25(31-23)17-12-20-18(11-19(17)29(21)15-7-3-1-4-8-15)26-22(14-24(28)32-26)30(20)16-9-5-2-6-10-16;1-3-7-17(8-4-1)27-21-11-13-29-25(21)19-16-24-20(15-23(19)27)26-22(12-14-30-26)28(24)18-9-5-2-6-10-18;1-16(2,3)13-9-11-15(12-10-13)17-14-7-5-4-6-8-14;1-2-3/h7-38H,1-6H3;1-14H;1-16H;4-12,17H,1-3H3;3H. The molecule has 0 aliphatic rings. The van der Waals surface area contributed by atoms with Crippen LogP contribution in [0.4, 0.5) is 44.1 Å². The maximum atomic E-state index is 4.34. The van der Waals surface area contributed by atoms with Crippen molar-refractivity contribution < 1.29 is 0 Å². The van der Waals surface area contributed by atoms with E-state index in [1.807, 2.05) is 63.5 Å². The molecule has 12 aromatic heterocycles. The number of hydrogen-bond acceptors (Lipinski definition) is 11. The van der Waals surface area contributed by atoms with Gasteiger partial charge in [-0.2, -0.15) is 0 Å². The number of halogens is 2. The van der Waals surface area contributed by atoms with Crippen molar-refractivity contribution in [3.05, 3.63) is 454 Å². The zero-order valence-electron chi connectivity index (χ0n) is 81.7. The smallest absolute Gasteiger partial charge is 0.0648 e. The summed E-state index contributed by atoms with van der Waals surface area (Å²) in [4.78, 5) is 4.83. The van der Waals surface area contributed by atoms with E-state index in [2.05, 4.69) is 573 Å². The Morgan fingerprint density at radius 2 is 0.466 bits per heavy atom. The van der Waals surface area contributed by atoms with Crippen molar-refractivity contribution in [2.24, 2.45) is 4.30 Å². The van der Waals surface area contributed by atoms with E-state index in [-0.39, 0.29) is 16.2 Å². The Balaban J connectivity index is 0.000000119. The first-order valence-corrected chi connectivity index (χ1v) is 55.7. The third-order valence-corrected chi connectivity index (χ3v) is 34.6. The SMILES string of the molecule is Brc1cc2c(s1)c1cc3c(cc1n2-c1ccccc1)c1sc(Br)cc1n3-c1ccccc1.CC(C)(C)c1ccc(N(c2ccccc2)c2cc3c(s2)c2cc4c(cc2n3-c2ccccc2)c2sc(N(c3ccccc3)c3ccc(C(C)(C)C)cc3)cc2n4-c2ccccc2)cc1.CC(C)(C)c1ccc(Nc2ccccc2)cc1.[B]=NS.c1ccc(-n2c3cc4c5sccc5n(-c5ccccc5)c4cc3c3sccc32)cc1. The summed E-state index contributed by atoms with van der Waals surface area (Å²) in [6.07, 6.45) is 0. The van der Waals surface area contributed by atoms with E-state index in [0.717, 1.165) is 53.1 Å². The van der Waals surface area contributed by atoms with Gasteiger partial charge in [0.1, 0.15) is 10.0 Å². The Bertz CT molecular complexity index is 8920. The number of thiophene rings is 6. The van der Waals surface area contributed by atoms with Gasteiger partial charge in [-0.1, -0.05) is 263 Å². The molecule has 146 heavy (non-hydrogen) atoms. The van der Waals surface area contributed by atoms with Crippen LogP contribution >= 0.6 is 113 Å². The monoisotopic (exact) mass is 2150 g/mol. The summed E-state index contributed by atoms with van der Waals surface area (Å²) >= 11 is 21.6. The molecule has 15 aromatic carbocycles. The van der Waals surface area contributed by atoms with Gasteiger partial charge in [0.2, 0.25) is 0 Å². The van der Waals surface area contributed by atoms with Crippen molar-refractivity contribution in [3.63, 3.8) is 0 Å². The molecule has 10 nitrogen and oxygen atoms in total. The van der Waals surface area contributed by atoms with Gasteiger partial charge in [-0.05, 0) is 294 Å². The normalized spacial score (nSPS) is 11.9. The second kappa shape index (κ2) is 39.7. The maximum absolute atomic E-state index is 4.34. The van der Waals surface area contributed by atoms with Crippen LogP contribution in [0.2, 0.25) is 0 Å². The molecule has 0 saturated heterocycles. The van der Waals surface area contributed by atoms with Crippen molar-refractivity contribution in [2.45, 2.75) is 78.6 Å². The van der Waals surface area contributed by atoms with Crippen molar-refractivity contribution >= 4 is 291 Å². The summed E-state index contributed by atoms with van der Waals surface area (Å²) in [5, 5.41) is 17.8. The largest absolute Gasteiger partial charge is 0.308 e. The van der Waals surface area contributed by atoms with Gasteiger partial charge in [0.05, 0.1) is 102 Å². The van der Waals surface area contributed by atoms with Gasteiger partial charge in [0, 0.05) is 101 Å². The molecule has 1 radical (unpaired) electrons. The van der Waals surface area contributed by atoms with Crippen LogP contribution in [0.15, 0.2) is 441 Å². The zero-order chi connectivity index (χ0) is 99.8. The zero-order valence-corrected chi connectivity index (χ0v) is 90.7. The molecule has 713 valence electrons. The molecule has 27 aromatic rings. The molecule has 0 bridgehead atoms. The molecule has 0 spiro atoms. The van der Waals surface area contributed by atoms with Gasteiger partial charge in [0.15, 0.2) is 0 Å². The fourth-order valence-corrected chi connectivity index (χ4v) is 27.6. The van der Waals surface area contributed by atoms with Gasteiger partial charge in [-0.3, -0.25) is 0 Å². The molecule has 27 rings (SSSR count). The number of thiol groups is 1. The number of nitrogens with one attached hydrogen (secondary N) is 1. The van der Waals surface area contributed by atoms with Crippen LogP contribution in [0.3, 0.4) is 0 Å². The first-order valence-electron chi connectivity index (χ1n) is 48.6. The molecule has 0 amide bonds. The van der Waals surface area contributed by atoms with Gasteiger partial charge in [0.25, 0.3) is 0 Å². The van der Waals surface area contributed by atoms with Gasteiger partial charge < -0.3 is 42.5 Å². The minimum Gasteiger partial charge on any atom is -0.308 e. The first kappa shape index (κ1) is 95.4. The predicted molar refractivity (Wildman–Crippen MR) is 647 cm³/mol. The summed E-state index contributed by atoms with van der Waals surface area (Å²) in [6, 6.07) is 151. The van der Waals surface area contributed by atoms with Crippen LogP contribution in [0.5, 0.6) is 0 Å². The number of hydrogen-bond donors (Lipinski definition) is 2. The molecular weight excluding hydrogens is 2050 g/mol.